The molecule has 7 heteroatoms. The lowest BCUT2D eigenvalue weighted by molar-refractivity contribution is -0.142. The van der Waals surface area contributed by atoms with Crippen LogP contribution in [0.1, 0.15) is 13.8 Å². The highest BCUT2D eigenvalue weighted by Gasteiger charge is 2.22. The van der Waals surface area contributed by atoms with Crippen LogP contribution >= 0.6 is 0 Å². The van der Waals surface area contributed by atoms with E-state index in [0.29, 0.717) is 6.54 Å². The van der Waals surface area contributed by atoms with Gasteiger partial charge in [-0.1, -0.05) is 6.92 Å². The first-order valence-electron chi connectivity index (χ1n) is 5.70. The predicted octanol–water partition coefficient (Wildman–Crippen LogP) is -1.01. The molecule has 0 fully saturated rings. The first-order chi connectivity index (χ1) is 8.27. The van der Waals surface area contributed by atoms with Crippen molar-refractivity contribution in [2.75, 3.05) is 33.7 Å². The molecular weight excluding hydrogens is 238 g/mol. The number of nitrogens with zero attached hydrogens (tertiary/aromatic N) is 2. The number of hydrogen-bond donors (Lipinski definition) is 2. The molecule has 0 aromatic rings. The third kappa shape index (κ3) is 6.19. The second-order valence-electron chi connectivity index (χ2n) is 4.21. The zero-order chi connectivity index (χ0) is 14.3. The molecule has 0 aliphatic heterocycles. The maximum atomic E-state index is 11.5. The fourth-order valence-electron chi connectivity index (χ4n) is 1.33. The number of hydrogen-bond acceptors (Lipinski definition) is 4. The Kier molecular flexibility index (Phi) is 6.96. The van der Waals surface area contributed by atoms with Crippen molar-refractivity contribution >= 4 is 17.8 Å². The standard InChI is InChI=1S/C11H21N3O4/c1-5-14(7-10(16)13(3)4)6-9(11(17)18)12-8(2)15/h9H,5-7H2,1-4H3,(H,12,15)(H,17,18). The molecule has 1 atom stereocenters. The second kappa shape index (κ2) is 7.65. The van der Waals surface area contributed by atoms with Crippen LogP contribution in [0.3, 0.4) is 0 Å². The summed E-state index contributed by atoms with van der Waals surface area (Å²) in [6.45, 7) is 3.85. The van der Waals surface area contributed by atoms with Gasteiger partial charge in [-0.15, -0.1) is 0 Å². The molecular formula is C11H21N3O4. The monoisotopic (exact) mass is 259 g/mol. The lowest BCUT2D eigenvalue weighted by atomic mass is 10.2. The fraction of sp³-hybridized carbons (Fsp3) is 0.727. The highest BCUT2D eigenvalue weighted by atomic mass is 16.4. The summed E-state index contributed by atoms with van der Waals surface area (Å²) in [6.07, 6.45) is 0. The van der Waals surface area contributed by atoms with Gasteiger partial charge in [0.2, 0.25) is 11.8 Å². The van der Waals surface area contributed by atoms with Crippen molar-refractivity contribution in [3.63, 3.8) is 0 Å². The van der Waals surface area contributed by atoms with Gasteiger partial charge in [0.15, 0.2) is 0 Å². The van der Waals surface area contributed by atoms with Crippen molar-refractivity contribution in [1.29, 1.82) is 0 Å². The van der Waals surface area contributed by atoms with Crippen molar-refractivity contribution in [3.05, 3.63) is 0 Å². The van der Waals surface area contributed by atoms with E-state index < -0.39 is 17.9 Å². The number of likely N-dealkylation sites (N-methyl/N-ethyl adjacent to an activating group) is 2. The van der Waals surface area contributed by atoms with Crippen LogP contribution in [0.15, 0.2) is 0 Å². The van der Waals surface area contributed by atoms with Crippen molar-refractivity contribution in [2.45, 2.75) is 19.9 Å². The molecule has 0 saturated carbocycles. The van der Waals surface area contributed by atoms with Gasteiger partial charge in [-0.05, 0) is 6.54 Å². The fourth-order valence-corrected chi connectivity index (χ4v) is 1.33. The van der Waals surface area contributed by atoms with Crippen LogP contribution < -0.4 is 5.32 Å². The first-order valence-corrected chi connectivity index (χ1v) is 5.70. The molecule has 7 nitrogen and oxygen atoms in total. The Balaban J connectivity index is 4.51. The number of carboxylic acid groups (broad SMARTS) is 1. The summed E-state index contributed by atoms with van der Waals surface area (Å²) in [7, 11) is 3.28. The molecule has 1 unspecified atom stereocenters. The maximum Gasteiger partial charge on any atom is 0.327 e. The minimum atomic E-state index is -1.11. The molecule has 0 aromatic heterocycles. The second-order valence-corrected chi connectivity index (χ2v) is 4.21. The van der Waals surface area contributed by atoms with Crippen LogP contribution in [0.2, 0.25) is 0 Å². The number of carbonyl (C=O) groups is 3. The Morgan fingerprint density at radius 1 is 1.28 bits per heavy atom. The van der Waals surface area contributed by atoms with Gasteiger partial charge in [-0.3, -0.25) is 14.5 Å². The van der Waals surface area contributed by atoms with E-state index in [4.69, 9.17) is 5.11 Å². The minimum absolute atomic E-state index is 0.102. The van der Waals surface area contributed by atoms with Gasteiger partial charge < -0.3 is 15.3 Å². The van der Waals surface area contributed by atoms with Crippen molar-refractivity contribution in [3.8, 4) is 0 Å². The Labute approximate surface area is 107 Å². The highest BCUT2D eigenvalue weighted by Crippen LogP contribution is 1.95. The predicted molar refractivity (Wildman–Crippen MR) is 66.0 cm³/mol. The lowest BCUT2D eigenvalue weighted by Gasteiger charge is -2.25. The van der Waals surface area contributed by atoms with E-state index in [1.54, 1.807) is 19.0 Å². The maximum absolute atomic E-state index is 11.5. The molecule has 104 valence electrons. The van der Waals surface area contributed by atoms with Gasteiger partial charge in [0, 0.05) is 27.6 Å². The number of amides is 2. The number of nitrogens with one attached hydrogen (secondary N) is 1. The van der Waals surface area contributed by atoms with E-state index >= 15 is 0 Å². The Hall–Kier alpha value is -1.63. The molecule has 0 rings (SSSR count). The van der Waals surface area contributed by atoms with E-state index in [1.807, 2.05) is 6.92 Å². The minimum Gasteiger partial charge on any atom is -0.480 e. The van der Waals surface area contributed by atoms with Crippen molar-refractivity contribution < 1.29 is 19.5 Å². The molecule has 0 radical (unpaired) electrons. The Morgan fingerprint density at radius 3 is 2.17 bits per heavy atom. The first kappa shape index (κ1) is 16.4. The Morgan fingerprint density at radius 2 is 1.83 bits per heavy atom. The largest absolute Gasteiger partial charge is 0.480 e. The van der Waals surface area contributed by atoms with Crippen LogP contribution in [0.4, 0.5) is 0 Å². The number of aliphatic carboxylic acids is 1. The summed E-state index contributed by atoms with van der Waals surface area (Å²) in [5, 5.41) is 11.3. The number of rotatable bonds is 7. The summed E-state index contributed by atoms with van der Waals surface area (Å²) in [5.41, 5.74) is 0. The third-order valence-electron chi connectivity index (χ3n) is 2.42. The summed E-state index contributed by atoms with van der Waals surface area (Å²) < 4.78 is 0. The molecule has 0 aliphatic carbocycles. The third-order valence-corrected chi connectivity index (χ3v) is 2.42. The molecule has 0 heterocycles. The van der Waals surface area contributed by atoms with Crippen molar-refractivity contribution in [1.82, 2.24) is 15.1 Å². The van der Waals surface area contributed by atoms with E-state index in [-0.39, 0.29) is 19.0 Å². The molecule has 0 bridgehead atoms. The van der Waals surface area contributed by atoms with Gasteiger partial charge in [0.05, 0.1) is 6.54 Å². The van der Waals surface area contributed by atoms with Crippen LogP contribution in [-0.4, -0.2) is 72.5 Å². The average molecular weight is 259 g/mol. The molecule has 0 spiro atoms. The smallest absolute Gasteiger partial charge is 0.327 e. The van der Waals surface area contributed by atoms with E-state index in [1.165, 1.54) is 11.8 Å². The van der Waals surface area contributed by atoms with Crippen LogP contribution in [0.25, 0.3) is 0 Å². The summed E-state index contributed by atoms with van der Waals surface area (Å²) in [5.74, 6) is -1.62. The zero-order valence-electron chi connectivity index (χ0n) is 11.3. The quantitative estimate of drug-likeness (QED) is 0.611. The van der Waals surface area contributed by atoms with Gasteiger partial charge in [-0.25, -0.2) is 4.79 Å². The molecule has 0 aromatic carbocycles. The van der Waals surface area contributed by atoms with Crippen LogP contribution in [0, 0.1) is 0 Å². The van der Waals surface area contributed by atoms with Crippen molar-refractivity contribution in [2.24, 2.45) is 0 Å². The Bertz CT molecular complexity index is 317. The average Bonchev–Trinajstić information content (AvgIpc) is 2.25. The summed E-state index contributed by atoms with van der Waals surface area (Å²) >= 11 is 0. The topological polar surface area (TPSA) is 90.0 Å². The molecule has 2 N–H and O–H groups in total. The summed E-state index contributed by atoms with van der Waals surface area (Å²) in [4.78, 5) is 36.5. The normalized spacial score (nSPS) is 12.1. The SMILES string of the molecule is CCN(CC(=O)N(C)C)CC(NC(C)=O)C(=O)O. The number of carboxylic acids is 1. The molecule has 2 amide bonds. The summed E-state index contributed by atoms with van der Waals surface area (Å²) in [6, 6.07) is -1.00. The van der Waals surface area contributed by atoms with Gasteiger partial charge in [0.1, 0.15) is 6.04 Å². The van der Waals surface area contributed by atoms with Gasteiger partial charge in [-0.2, -0.15) is 0 Å². The molecule has 0 aliphatic rings. The van der Waals surface area contributed by atoms with E-state index in [9.17, 15) is 14.4 Å². The van der Waals surface area contributed by atoms with E-state index in [2.05, 4.69) is 5.32 Å². The van der Waals surface area contributed by atoms with E-state index in [0.717, 1.165) is 0 Å². The van der Waals surface area contributed by atoms with Crippen LogP contribution in [0.5, 0.6) is 0 Å². The van der Waals surface area contributed by atoms with Gasteiger partial charge >= 0.3 is 5.97 Å². The number of carbonyl (C=O) groups excluding carboxylic acids is 2. The van der Waals surface area contributed by atoms with Gasteiger partial charge in [0.25, 0.3) is 0 Å². The van der Waals surface area contributed by atoms with Crippen LogP contribution in [-0.2, 0) is 14.4 Å². The zero-order valence-corrected chi connectivity index (χ0v) is 11.3. The molecule has 18 heavy (non-hydrogen) atoms. The highest BCUT2D eigenvalue weighted by molar-refractivity contribution is 5.82. The molecule has 0 saturated heterocycles. The lowest BCUT2D eigenvalue weighted by Crippen LogP contribution is -2.49.